The maximum absolute atomic E-state index is 12.9. The zero-order chi connectivity index (χ0) is 18.0. The second kappa shape index (κ2) is 6.79. The van der Waals surface area contributed by atoms with Crippen molar-refractivity contribution in [1.29, 1.82) is 0 Å². The number of hydrogen-bond acceptors (Lipinski definition) is 4. The van der Waals surface area contributed by atoms with Crippen molar-refractivity contribution in [3.05, 3.63) is 23.9 Å². The number of nitrogens with one attached hydrogen (secondary N) is 2. The summed E-state index contributed by atoms with van der Waals surface area (Å²) in [6.07, 6.45) is 3.03. The molecule has 1 saturated carbocycles. The molecule has 1 aromatic heterocycles. The van der Waals surface area contributed by atoms with E-state index in [0.29, 0.717) is 25.3 Å². The van der Waals surface area contributed by atoms with Crippen molar-refractivity contribution in [2.24, 2.45) is 16.7 Å². The minimum absolute atomic E-state index is 0.0375. The molecule has 0 radical (unpaired) electrons. The largest absolute Gasteiger partial charge is 0.383 e. The van der Waals surface area contributed by atoms with Crippen molar-refractivity contribution in [2.75, 3.05) is 12.3 Å². The fourth-order valence-corrected chi connectivity index (χ4v) is 3.63. The molecule has 0 saturated heterocycles. The number of nitrogens with two attached hydrogens (primary N) is 1. The lowest BCUT2D eigenvalue weighted by Gasteiger charge is -2.39. The zero-order valence-electron chi connectivity index (χ0n) is 15.0. The molecule has 1 fully saturated rings. The Balaban J connectivity index is 2.11. The van der Waals surface area contributed by atoms with E-state index in [9.17, 15) is 9.59 Å². The number of pyridine rings is 1. The molecule has 0 aliphatic heterocycles. The third kappa shape index (κ3) is 3.09. The predicted octanol–water partition coefficient (Wildman–Crippen LogP) is 1.86. The highest BCUT2D eigenvalue weighted by atomic mass is 16.2. The number of nitrogens with zero attached hydrogens (tertiary/aromatic N) is 1. The number of carbonyl (C=O) groups is 2. The van der Waals surface area contributed by atoms with Gasteiger partial charge in [-0.05, 0) is 31.2 Å². The minimum Gasteiger partial charge on any atom is -0.383 e. The maximum atomic E-state index is 12.9. The van der Waals surface area contributed by atoms with Crippen LogP contribution in [0.2, 0.25) is 0 Å². The highest BCUT2D eigenvalue weighted by molar-refractivity contribution is 5.87. The van der Waals surface area contributed by atoms with E-state index >= 15 is 0 Å². The Labute approximate surface area is 143 Å². The lowest BCUT2D eigenvalue weighted by atomic mass is 9.65. The van der Waals surface area contributed by atoms with E-state index in [2.05, 4.69) is 15.6 Å². The van der Waals surface area contributed by atoms with E-state index in [4.69, 9.17) is 5.73 Å². The molecule has 6 nitrogen and oxygen atoms in total. The lowest BCUT2D eigenvalue weighted by molar-refractivity contribution is -0.139. The summed E-state index contributed by atoms with van der Waals surface area (Å²) in [5.74, 6) is 0.267. The number of aromatic nitrogens is 1. The van der Waals surface area contributed by atoms with Crippen LogP contribution in [-0.2, 0) is 16.1 Å². The van der Waals surface area contributed by atoms with Gasteiger partial charge in [0.1, 0.15) is 5.82 Å². The van der Waals surface area contributed by atoms with Crippen molar-refractivity contribution < 1.29 is 9.59 Å². The number of anilines is 1. The minimum atomic E-state index is -0.598. The summed E-state index contributed by atoms with van der Waals surface area (Å²) in [5.41, 5.74) is 5.61. The monoisotopic (exact) mass is 332 g/mol. The van der Waals surface area contributed by atoms with Crippen LogP contribution in [0.5, 0.6) is 0 Å². The molecule has 2 atom stereocenters. The Hall–Kier alpha value is -2.11. The maximum Gasteiger partial charge on any atom is 0.226 e. The van der Waals surface area contributed by atoms with Crippen LogP contribution in [-0.4, -0.2) is 23.3 Å². The summed E-state index contributed by atoms with van der Waals surface area (Å²) in [4.78, 5) is 29.2. The van der Waals surface area contributed by atoms with E-state index in [1.807, 2.05) is 33.8 Å². The molecule has 1 heterocycles. The molecule has 0 bridgehead atoms. The molecular weight excluding hydrogens is 304 g/mol. The van der Waals surface area contributed by atoms with Gasteiger partial charge in [-0.15, -0.1) is 0 Å². The first-order valence-corrected chi connectivity index (χ1v) is 8.49. The molecule has 0 spiro atoms. The molecule has 132 valence electrons. The Kier molecular flexibility index (Phi) is 5.16. The second-order valence-electron chi connectivity index (χ2n) is 7.27. The molecule has 2 unspecified atom stereocenters. The average Bonchev–Trinajstić information content (AvgIpc) is 2.77. The zero-order valence-corrected chi connectivity index (χ0v) is 15.0. The normalized spacial score (nSPS) is 25.2. The van der Waals surface area contributed by atoms with Crippen LogP contribution in [0.3, 0.4) is 0 Å². The summed E-state index contributed by atoms with van der Waals surface area (Å²) in [7, 11) is 0. The van der Waals surface area contributed by atoms with E-state index < -0.39 is 10.8 Å². The first kappa shape index (κ1) is 18.2. The van der Waals surface area contributed by atoms with Gasteiger partial charge in [0.15, 0.2) is 0 Å². The molecule has 0 aromatic carbocycles. The first-order valence-electron chi connectivity index (χ1n) is 8.49. The van der Waals surface area contributed by atoms with Crippen LogP contribution in [0.4, 0.5) is 5.82 Å². The van der Waals surface area contributed by atoms with Gasteiger partial charge < -0.3 is 16.4 Å². The van der Waals surface area contributed by atoms with E-state index in [1.54, 1.807) is 12.3 Å². The Bertz CT molecular complexity index is 629. The van der Waals surface area contributed by atoms with Crippen molar-refractivity contribution in [3.63, 3.8) is 0 Å². The Morgan fingerprint density at radius 1 is 1.33 bits per heavy atom. The lowest BCUT2D eigenvalue weighted by Crippen LogP contribution is -2.49. The van der Waals surface area contributed by atoms with Crippen molar-refractivity contribution in [3.8, 4) is 0 Å². The Morgan fingerprint density at radius 2 is 2.04 bits per heavy atom. The van der Waals surface area contributed by atoms with Gasteiger partial charge in [0.05, 0.1) is 5.41 Å². The number of nitrogen functional groups attached to an aromatic ring is 1. The highest BCUT2D eigenvalue weighted by Gasteiger charge is 2.57. The van der Waals surface area contributed by atoms with Crippen LogP contribution < -0.4 is 16.4 Å². The average molecular weight is 332 g/mol. The molecule has 2 rings (SSSR count). The van der Waals surface area contributed by atoms with Crippen LogP contribution in [0.1, 0.15) is 46.1 Å². The standard InChI is InChI=1S/C18H28N4O2/c1-5-20-15(23)13-8-9-18(4,17(13,2)3)16(24)22-11-12-7-6-10-21-14(12)19/h6-7,10,13H,5,8-9,11H2,1-4H3,(H2,19,21)(H,20,23)(H,22,24). The molecule has 1 aliphatic carbocycles. The summed E-state index contributed by atoms with van der Waals surface area (Å²) in [5, 5.41) is 5.87. The van der Waals surface area contributed by atoms with Crippen molar-refractivity contribution in [1.82, 2.24) is 15.6 Å². The molecule has 24 heavy (non-hydrogen) atoms. The summed E-state index contributed by atoms with van der Waals surface area (Å²) >= 11 is 0. The van der Waals surface area contributed by atoms with Crippen molar-refractivity contribution >= 4 is 17.6 Å². The number of rotatable bonds is 5. The molecule has 6 heteroatoms. The molecule has 1 aliphatic rings. The molecule has 2 amide bonds. The summed E-state index contributed by atoms with van der Waals surface area (Å²) < 4.78 is 0. The van der Waals surface area contributed by atoms with Gasteiger partial charge in [0, 0.05) is 30.8 Å². The first-order chi connectivity index (χ1) is 11.2. The van der Waals surface area contributed by atoms with Gasteiger partial charge in [-0.3, -0.25) is 9.59 Å². The Morgan fingerprint density at radius 3 is 2.67 bits per heavy atom. The van der Waals surface area contributed by atoms with Crippen LogP contribution in [0.25, 0.3) is 0 Å². The quantitative estimate of drug-likeness (QED) is 0.766. The topological polar surface area (TPSA) is 97.1 Å². The number of hydrogen-bond donors (Lipinski definition) is 3. The van der Waals surface area contributed by atoms with Gasteiger partial charge in [0.25, 0.3) is 0 Å². The fraction of sp³-hybridized carbons (Fsp3) is 0.611. The van der Waals surface area contributed by atoms with Gasteiger partial charge >= 0.3 is 0 Å². The van der Waals surface area contributed by atoms with E-state index in [0.717, 1.165) is 12.0 Å². The van der Waals surface area contributed by atoms with Crippen LogP contribution >= 0.6 is 0 Å². The molecule has 4 N–H and O–H groups in total. The van der Waals surface area contributed by atoms with Gasteiger partial charge in [-0.1, -0.05) is 26.8 Å². The summed E-state index contributed by atoms with van der Waals surface area (Å²) in [6, 6.07) is 3.65. The van der Waals surface area contributed by atoms with E-state index in [1.165, 1.54) is 0 Å². The molecular formula is C18H28N4O2. The summed E-state index contributed by atoms with van der Waals surface area (Å²) in [6.45, 7) is 8.83. The SMILES string of the molecule is CCNC(=O)C1CCC(C)(C(=O)NCc2cccnc2N)C1(C)C. The smallest absolute Gasteiger partial charge is 0.226 e. The van der Waals surface area contributed by atoms with Gasteiger partial charge in [-0.25, -0.2) is 4.98 Å². The number of amides is 2. The number of carbonyl (C=O) groups excluding carboxylic acids is 2. The fourth-order valence-electron chi connectivity index (χ4n) is 3.63. The third-order valence-electron chi connectivity index (χ3n) is 5.76. The van der Waals surface area contributed by atoms with Gasteiger partial charge in [0.2, 0.25) is 11.8 Å². The van der Waals surface area contributed by atoms with Crippen LogP contribution in [0, 0.1) is 16.7 Å². The highest BCUT2D eigenvalue weighted by Crippen LogP contribution is 2.56. The third-order valence-corrected chi connectivity index (χ3v) is 5.76. The second-order valence-corrected chi connectivity index (χ2v) is 7.27. The van der Waals surface area contributed by atoms with Crippen molar-refractivity contribution in [2.45, 2.75) is 47.1 Å². The van der Waals surface area contributed by atoms with Gasteiger partial charge in [-0.2, -0.15) is 0 Å². The van der Waals surface area contributed by atoms with E-state index in [-0.39, 0.29) is 17.7 Å². The predicted molar refractivity (Wildman–Crippen MR) is 93.8 cm³/mol. The molecule has 1 aromatic rings. The van der Waals surface area contributed by atoms with Crippen LogP contribution in [0.15, 0.2) is 18.3 Å².